The summed E-state index contributed by atoms with van der Waals surface area (Å²) in [5, 5.41) is 7.61. The Morgan fingerprint density at radius 2 is 2.25 bits per heavy atom. The lowest BCUT2D eigenvalue weighted by molar-refractivity contribution is -0.129. The molecule has 0 saturated heterocycles. The Bertz CT molecular complexity index is 631. The van der Waals surface area contributed by atoms with Gasteiger partial charge in [0.2, 0.25) is 11.1 Å². The number of nitrogens with one attached hydrogen (secondary N) is 1. The highest BCUT2D eigenvalue weighted by Crippen LogP contribution is 2.26. The second-order valence-corrected chi connectivity index (χ2v) is 6.60. The molecule has 2 aromatic rings. The average molecular weight is 347 g/mol. The number of hydrogen-bond acceptors (Lipinski definition) is 5. The second kappa shape index (κ2) is 9.42. The fourth-order valence-corrected chi connectivity index (χ4v) is 3.20. The van der Waals surface area contributed by atoms with Gasteiger partial charge in [-0.25, -0.2) is 4.98 Å². The van der Waals surface area contributed by atoms with Gasteiger partial charge in [0.05, 0.1) is 11.8 Å². The number of thioether (sulfide) groups is 1. The molecule has 1 unspecified atom stereocenters. The molecule has 1 amide bonds. The lowest BCUT2D eigenvalue weighted by atomic mass is 10.0. The summed E-state index contributed by atoms with van der Waals surface area (Å²) in [4.78, 5) is 22.9. The first-order valence-corrected chi connectivity index (χ1v) is 9.33. The standard InChI is InChI=1S/C17H25N5OS/c1-4-6-9-14(13-8-7-10-18-11-13)22(3)16(23)12-24-17-19-15(5-2)20-21-17/h7-8,10-11,14H,4-6,9,12H2,1-3H3,(H,19,20,21). The summed E-state index contributed by atoms with van der Waals surface area (Å²) in [6.07, 6.45) is 7.53. The van der Waals surface area contributed by atoms with E-state index in [1.54, 1.807) is 6.20 Å². The number of amides is 1. The lowest BCUT2D eigenvalue weighted by Gasteiger charge is -2.28. The second-order valence-electron chi connectivity index (χ2n) is 5.66. The Kier molecular flexibility index (Phi) is 7.24. The number of carbonyl (C=O) groups excluding carboxylic acids is 1. The zero-order valence-electron chi connectivity index (χ0n) is 14.5. The summed E-state index contributed by atoms with van der Waals surface area (Å²) in [5.41, 5.74) is 1.08. The van der Waals surface area contributed by atoms with Crippen LogP contribution in [0.4, 0.5) is 0 Å². The van der Waals surface area contributed by atoms with Crippen molar-refractivity contribution in [2.45, 2.75) is 50.7 Å². The van der Waals surface area contributed by atoms with Gasteiger partial charge in [0.15, 0.2) is 0 Å². The smallest absolute Gasteiger partial charge is 0.233 e. The quantitative estimate of drug-likeness (QED) is 0.705. The van der Waals surface area contributed by atoms with E-state index in [-0.39, 0.29) is 11.9 Å². The first-order chi connectivity index (χ1) is 11.7. The number of pyridine rings is 1. The van der Waals surface area contributed by atoms with Crippen molar-refractivity contribution >= 4 is 17.7 Å². The maximum atomic E-state index is 12.6. The molecule has 2 rings (SSSR count). The number of hydrogen-bond donors (Lipinski definition) is 1. The summed E-state index contributed by atoms with van der Waals surface area (Å²) in [6, 6.07) is 4.01. The van der Waals surface area contributed by atoms with Crippen LogP contribution in [0.25, 0.3) is 0 Å². The van der Waals surface area contributed by atoms with Gasteiger partial charge >= 0.3 is 0 Å². The summed E-state index contributed by atoms with van der Waals surface area (Å²) in [5.74, 6) is 1.25. The molecule has 24 heavy (non-hydrogen) atoms. The molecular weight excluding hydrogens is 322 g/mol. The molecule has 0 fully saturated rings. The minimum Gasteiger partial charge on any atom is -0.338 e. The number of rotatable bonds is 9. The van der Waals surface area contributed by atoms with Crippen LogP contribution in [0.15, 0.2) is 29.7 Å². The molecule has 0 aliphatic rings. The van der Waals surface area contributed by atoms with Crippen LogP contribution in [-0.4, -0.2) is 43.8 Å². The van der Waals surface area contributed by atoms with Gasteiger partial charge in [0, 0.05) is 25.9 Å². The molecule has 0 saturated carbocycles. The number of aryl methyl sites for hydroxylation is 1. The molecule has 0 aromatic carbocycles. The molecule has 0 bridgehead atoms. The largest absolute Gasteiger partial charge is 0.338 e. The Morgan fingerprint density at radius 1 is 1.42 bits per heavy atom. The third-order valence-corrected chi connectivity index (χ3v) is 4.76. The molecule has 7 heteroatoms. The average Bonchev–Trinajstić information content (AvgIpc) is 3.09. The normalized spacial score (nSPS) is 12.1. The highest BCUT2D eigenvalue weighted by Gasteiger charge is 2.22. The van der Waals surface area contributed by atoms with Gasteiger partial charge in [-0.3, -0.25) is 14.9 Å². The summed E-state index contributed by atoms with van der Waals surface area (Å²) in [6.45, 7) is 4.17. The molecule has 2 aromatic heterocycles. The van der Waals surface area contributed by atoms with Gasteiger partial charge in [-0.05, 0) is 18.1 Å². The molecule has 1 atom stereocenters. The number of aromatic nitrogens is 4. The van der Waals surface area contributed by atoms with Crippen LogP contribution in [0.2, 0.25) is 0 Å². The van der Waals surface area contributed by atoms with Crippen molar-refractivity contribution in [1.82, 2.24) is 25.1 Å². The molecule has 130 valence electrons. The molecule has 2 heterocycles. The first-order valence-electron chi connectivity index (χ1n) is 8.35. The van der Waals surface area contributed by atoms with Crippen molar-refractivity contribution in [3.05, 3.63) is 35.9 Å². The van der Waals surface area contributed by atoms with E-state index >= 15 is 0 Å². The summed E-state index contributed by atoms with van der Waals surface area (Å²) in [7, 11) is 1.87. The van der Waals surface area contributed by atoms with Crippen molar-refractivity contribution in [3.8, 4) is 0 Å². The van der Waals surface area contributed by atoms with Crippen molar-refractivity contribution in [3.63, 3.8) is 0 Å². The monoisotopic (exact) mass is 347 g/mol. The minimum atomic E-state index is 0.0603. The van der Waals surface area contributed by atoms with Crippen LogP contribution in [0.3, 0.4) is 0 Å². The van der Waals surface area contributed by atoms with E-state index in [1.165, 1.54) is 11.8 Å². The van der Waals surface area contributed by atoms with Crippen molar-refractivity contribution < 1.29 is 4.79 Å². The summed E-state index contributed by atoms with van der Waals surface area (Å²) >= 11 is 1.37. The highest BCUT2D eigenvalue weighted by molar-refractivity contribution is 7.99. The molecular formula is C17H25N5OS. The Labute approximate surface area is 147 Å². The fraction of sp³-hybridized carbons (Fsp3) is 0.529. The predicted molar refractivity (Wildman–Crippen MR) is 95.8 cm³/mol. The Balaban J connectivity index is 1.99. The van der Waals surface area contributed by atoms with Crippen LogP contribution < -0.4 is 0 Å². The van der Waals surface area contributed by atoms with E-state index in [4.69, 9.17) is 0 Å². The van der Waals surface area contributed by atoms with Gasteiger partial charge in [0.25, 0.3) is 0 Å². The van der Waals surface area contributed by atoms with Crippen LogP contribution in [0.1, 0.15) is 50.5 Å². The summed E-state index contributed by atoms with van der Waals surface area (Å²) < 4.78 is 0. The van der Waals surface area contributed by atoms with Crippen LogP contribution >= 0.6 is 11.8 Å². The maximum Gasteiger partial charge on any atom is 0.233 e. The van der Waals surface area contributed by atoms with Gasteiger partial charge < -0.3 is 4.90 Å². The van der Waals surface area contributed by atoms with Gasteiger partial charge in [-0.2, -0.15) is 0 Å². The zero-order valence-corrected chi connectivity index (χ0v) is 15.3. The van der Waals surface area contributed by atoms with Gasteiger partial charge in [0.1, 0.15) is 5.82 Å². The van der Waals surface area contributed by atoms with E-state index in [0.29, 0.717) is 10.9 Å². The first kappa shape index (κ1) is 18.4. The topological polar surface area (TPSA) is 74.8 Å². The minimum absolute atomic E-state index is 0.0603. The Hall–Kier alpha value is -1.89. The van der Waals surface area contributed by atoms with Crippen molar-refractivity contribution in [1.29, 1.82) is 0 Å². The van der Waals surface area contributed by atoms with Crippen LogP contribution in [-0.2, 0) is 11.2 Å². The zero-order chi connectivity index (χ0) is 17.4. The van der Waals surface area contributed by atoms with E-state index in [0.717, 1.165) is 37.1 Å². The molecule has 6 nitrogen and oxygen atoms in total. The highest BCUT2D eigenvalue weighted by atomic mass is 32.2. The van der Waals surface area contributed by atoms with E-state index in [2.05, 4.69) is 27.1 Å². The predicted octanol–water partition coefficient (Wildman–Crippen LogP) is 3.24. The number of nitrogens with zero attached hydrogens (tertiary/aromatic N) is 4. The molecule has 0 radical (unpaired) electrons. The van der Waals surface area contributed by atoms with Crippen LogP contribution in [0, 0.1) is 0 Å². The third-order valence-electron chi connectivity index (χ3n) is 3.93. The van der Waals surface area contributed by atoms with Gasteiger partial charge in [-0.15, -0.1) is 5.10 Å². The molecule has 1 N–H and O–H groups in total. The van der Waals surface area contributed by atoms with Gasteiger partial charge in [-0.1, -0.05) is 44.5 Å². The van der Waals surface area contributed by atoms with E-state index in [1.807, 2.05) is 37.2 Å². The van der Waals surface area contributed by atoms with E-state index < -0.39 is 0 Å². The van der Waals surface area contributed by atoms with E-state index in [9.17, 15) is 4.79 Å². The molecule has 0 aliphatic carbocycles. The van der Waals surface area contributed by atoms with Crippen LogP contribution in [0.5, 0.6) is 0 Å². The number of unbranched alkanes of at least 4 members (excludes halogenated alkanes) is 1. The third kappa shape index (κ3) is 5.06. The van der Waals surface area contributed by atoms with Crippen molar-refractivity contribution in [2.24, 2.45) is 0 Å². The number of carbonyl (C=O) groups is 1. The fourth-order valence-electron chi connectivity index (χ4n) is 2.46. The maximum absolute atomic E-state index is 12.6. The number of H-pyrrole nitrogens is 1. The number of aromatic amines is 1. The SMILES string of the molecule is CCCCC(c1cccnc1)N(C)C(=O)CSc1n[nH]c(CC)n1. The van der Waals surface area contributed by atoms with Crippen molar-refractivity contribution in [2.75, 3.05) is 12.8 Å². The molecule has 0 spiro atoms. The Morgan fingerprint density at radius 3 is 2.88 bits per heavy atom. The lowest BCUT2D eigenvalue weighted by Crippen LogP contribution is -2.32. The molecule has 0 aliphatic heterocycles.